The molecule has 1 aliphatic heterocycles. The van der Waals surface area contributed by atoms with Crippen molar-refractivity contribution in [1.29, 1.82) is 0 Å². The third kappa shape index (κ3) is 3.19. The minimum Gasteiger partial charge on any atom is -0.497 e. The van der Waals surface area contributed by atoms with Crippen LogP contribution in [0, 0.1) is 5.92 Å². The molecule has 3 atom stereocenters. The van der Waals surface area contributed by atoms with Gasteiger partial charge in [-0.2, -0.15) is 0 Å². The lowest BCUT2D eigenvalue weighted by atomic mass is 10.2. The molecule has 3 rings (SSSR count). The molecule has 104 valence electrons. The predicted octanol–water partition coefficient (Wildman–Crippen LogP) is 1.96. The van der Waals surface area contributed by atoms with E-state index in [1.54, 1.807) is 19.2 Å². The molecule has 7 heteroatoms. The Labute approximate surface area is 126 Å². The van der Waals surface area contributed by atoms with Crippen molar-refractivity contribution in [3.8, 4) is 5.75 Å². The van der Waals surface area contributed by atoms with Gasteiger partial charge in [-0.15, -0.1) is 12.4 Å². The number of fused-ring (bicyclic) bond motifs is 1. The van der Waals surface area contributed by atoms with Crippen LogP contribution in [-0.2, 0) is 4.79 Å². The number of carbonyl (C=O) groups excluding carboxylic acids is 1. The molecular weight excluding hydrogens is 334 g/mol. The number of anilines is 1. The number of carbonyl (C=O) groups is 1. The maximum Gasteiger partial charge on any atom is 0.242 e. The van der Waals surface area contributed by atoms with Crippen LogP contribution >= 0.6 is 28.3 Å². The molecule has 2 aliphatic rings. The fourth-order valence-electron chi connectivity index (χ4n) is 2.39. The Morgan fingerprint density at radius 1 is 1.53 bits per heavy atom. The molecule has 0 aromatic carbocycles. The topological polar surface area (TPSA) is 63.2 Å². The first kappa shape index (κ1) is 14.6. The Morgan fingerprint density at radius 3 is 2.95 bits per heavy atom. The van der Waals surface area contributed by atoms with Crippen LogP contribution in [0.4, 0.5) is 5.82 Å². The maximum absolute atomic E-state index is 12.0. The normalized spacial score (nSPS) is 27.2. The Hall–Kier alpha value is -0.850. The number of methoxy groups -OCH3 is 1. The van der Waals surface area contributed by atoms with Crippen LogP contribution in [0.25, 0.3) is 0 Å². The summed E-state index contributed by atoms with van der Waals surface area (Å²) in [7, 11) is 1.58. The lowest BCUT2D eigenvalue weighted by Gasteiger charge is -2.13. The van der Waals surface area contributed by atoms with Gasteiger partial charge >= 0.3 is 0 Å². The summed E-state index contributed by atoms with van der Waals surface area (Å²) >= 11 is 3.29. The number of halogens is 2. The van der Waals surface area contributed by atoms with E-state index in [0.717, 1.165) is 6.42 Å². The third-order valence-electron chi connectivity index (χ3n) is 3.45. The molecule has 2 fully saturated rings. The number of piperidine rings is 1. The molecule has 0 radical (unpaired) electrons. The van der Waals surface area contributed by atoms with Gasteiger partial charge in [-0.05, 0) is 34.7 Å². The summed E-state index contributed by atoms with van der Waals surface area (Å²) in [6.07, 6.45) is 2.15. The fraction of sp³-hybridized carbons (Fsp3) is 0.500. The van der Waals surface area contributed by atoms with Crippen molar-refractivity contribution in [1.82, 2.24) is 10.3 Å². The number of pyridine rings is 1. The molecule has 0 bridgehead atoms. The van der Waals surface area contributed by atoms with Gasteiger partial charge in [0.25, 0.3) is 0 Å². The van der Waals surface area contributed by atoms with Gasteiger partial charge < -0.3 is 15.4 Å². The summed E-state index contributed by atoms with van der Waals surface area (Å²) in [6, 6.07) is 3.93. The van der Waals surface area contributed by atoms with Crippen molar-refractivity contribution in [2.75, 3.05) is 12.4 Å². The number of nitrogens with one attached hydrogen (secondary N) is 2. The highest BCUT2D eigenvalue weighted by atomic mass is 79.9. The van der Waals surface area contributed by atoms with Gasteiger partial charge in [0.2, 0.25) is 5.91 Å². The average Bonchev–Trinajstić information content (AvgIpc) is 2.95. The van der Waals surface area contributed by atoms with Crippen LogP contribution in [0.3, 0.4) is 0 Å². The standard InChI is InChI=1S/C12H14BrN3O2.ClH/c1-18-7-4-10(13)15-11(5-7)16-12(17)9-3-6-2-8(6)14-9;/h4-6,8-9,14H,2-3H2,1H3,(H,15,16,17);1H. The molecule has 2 heterocycles. The van der Waals surface area contributed by atoms with E-state index in [1.165, 1.54) is 6.42 Å². The molecule has 0 spiro atoms. The zero-order valence-electron chi connectivity index (χ0n) is 10.4. The zero-order chi connectivity index (χ0) is 12.7. The maximum atomic E-state index is 12.0. The van der Waals surface area contributed by atoms with Crippen LogP contribution in [0.5, 0.6) is 5.75 Å². The summed E-state index contributed by atoms with van der Waals surface area (Å²) in [5.74, 6) is 1.85. The van der Waals surface area contributed by atoms with Crippen LogP contribution in [0.1, 0.15) is 12.8 Å². The van der Waals surface area contributed by atoms with Crippen molar-refractivity contribution in [3.63, 3.8) is 0 Å². The Balaban J connectivity index is 0.00000133. The van der Waals surface area contributed by atoms with Gasteiger partial charge in [0, 0.05) is 18.2 Å². The molecular formula is C12H15BrClN3O2. The third-order valence-corrected chi connectivity index (χ3v) is 3.85. The molecule has 1 saturated heterocycles. The quantitative estimate of drug-likeness (QED) is 0.820. The average molecular weight is 349 g/mol. The monoisotopic (exact) mass is 347 g/mol. The van der Waals surface area contributed by atoms with E-state index in [4.69, 9.17) is 4.74 Å². The smallest absolute Gasteiger partial charge is 0.242 e. The molecule has 1 amide bonds. The second-order valence-corrected chi connectivity index (χ2v) is 5.57. The molecule has 1 aliphatic carbocycles. The van der Waals surface area contributed by atoms with E-state index >= 15 is 0 Å². The fourth-order valence-corrected chi connectivity index (χ4v) is 2.81. The van der Waals surface area contributed by atoms with Crippen LogP contribution in [0.2, 0.25) is 0 Å². The van der Waals surface area contributed by atoms with Crippen molar-refractivity contribution >= 4 is 40.1 Å². The number of ether oxygens (including phenoxy) is 1. The Morgan fingerprint density at radius 2 is 2.32 bits per heavy atom. The molecule has 1 aromatic rings. The largest absolute Gasteiger partial charge is 0.497 e. The summed E-state index contributed by atoms with van der Waals surface area (Å²) in [4.78, 5) is 16.2. The first-order valence-corrected chi connectivity index (χ1v) is 6.73. The van der Waals surface area contributed by atoms with Gasteiger partial charge in [0.05, 0.1) is 13.2 Å². The van der Waals surface area contributed by atoms with E-state index in [2.05, 4.69) is 31.5 Å². The zero-order valence-corrected chi connectivity index (χ0v) is 12.8. The molecule has 1 saturated carbocycles. The highest BCUT2D eigenvalue weighted by Gasteiger charge is 2.47. The minimum absolute atomic E-state index is 0. The SMILES string of the molecule is COc1cc(Br)nc(NC(=O)C2CC3CC3N2)c1.Cl. The van der Waals surface area contributed by atoms with E-state index in [1.807, 2.05) is 0 Å². The highest BCUT2D eigenvalue weighted by Crippen LogP contribution is 2.40. The Bertz CT molecular complexity index is 490. The lowest BCUT2D eigenvalue weighted by molar-refractivity contribution is -0.118. The van der Waals surface area contributed by atoms with Crippen LogP contribution in [-0.4, -0.2) is 30.1 Å². The second kappa shape index (κ2) is 5.64. The molecule has 5 nitrogen and oxygen atoms in total. The predicted molar refractivity (Wildman–Crippen MR) is 77.8 cm³/mol. The van der Waals surface area contributed by atoms with E-state index in [-0.39, 0.29) is 24.4 Å². The number of rotatable bonds is 3. The highest BCUT2D eigenvalue weighted by molar-refractivity contribution is 9.10. The molecule has 2 N–H and O–H groups in total. The van der Waals surface area contributed by atoms with E-state index < -0.39 is 0 Å². The second-order valence-electron chi connectivity index (χ2n) is 4.76. The van der Waals surface area contributed by atoms with Gasteiger partial charge in [-0.25, -0.2) is 4.98 Å². The van der Waals surface area contributed by atoms with Gasteiger partial charge in [0.15, 0.2) is 0 Å². The number of hydrogen-bond donors (Lipinski definition) is 2. The molecule has 1 aromatic heterocycles. The first-order valence-electron chi connectivity index (χ1n) is 5.94. The van der Waals surface area contributed by atoms with Crippen molar-refractivity contribution in [3.05, 3.63) is 16.7 Å². The van der Waals surface area contributed by atoms with Gasteiger partial charge in [-0.3, -0.25) is 4.79 Å². The lowest BCUT2D eigenvalue weighted by Crippen LogP contribution is -2.38. The summed E-state index contributed by atoms with van der Waals surface area (Å²) in [5.41, 5.74) is 0. The first-order chi connectivity index (χ1) is 8.65. The van der Waals surface area contributed by atoms with Crippen molar-refractivity contribution in [2.24, 2.45) is 5.92 Å². The van der Waals surface area contributed by atoms with E-state index in [9.17, 15) is 4.79 Å². The number of hydrogen-bond acceptors (Lipinski definition) is 4. The number of amides is 1. The number of aromatic nitrogens is 1. The van der Waals surface area contributed by atoms with Crippen LogP contribution in [0.15, 0.2) is 16.7 Å². The molecule has 3 unspecified atom stereocenters. The molecule has 19 heavy (non-hydrogen) atoms. The summed E-state index contributed by atoms with van der Waals surface area (Å²) < 4.78 is 5.77. The van der Waals surface area contributed by atoms with Gasteiger partial charge in [-0.1, -0.05) is 0 Å². The van der Waals surface area contributed by atoms with Crippen molar-refractivity contribution in [2.45, 2.75) is 24.9 Å². The van der Waals surface area contributed by atoms with Crippen LogP contribution < -0.4 is 15.4 Å². The summed E-state index contributed by atoms with van der Waals surface area (Å²) in [6.45, 7) is 0. The van der Waals surface area contributed by atoms with Crippen molar-refractivity contribution < 1.29 is 9.53 Å². The van der Waals surface area contributed by atoms with Gasteiger partial charge in [0.1, 0.15) is 16.2 Å². The summed E-state index contributed by atoms with van der Waals surface area (Å²) in [5, 5.41) is 6.13. The number of nitrogens with zero attached hydrogens (tertiary/aromatic N) is 1. The minimum atomic E-state index is -0.0828. The van der Waals surface area contributed by atoms with E-state index in [0.29, 0.717) is 28.1 Å². The Kier molecular flexibility index (Phi) is 4.32.